The molecule has 7 nitrogen and oxygen atoms in total. The number of halogens is 3. The van der Waals surface area contributed by atoms with Gasteiger partial charge in [-0.2, -0.15) is 13.2 Å². The predicted octanol–water partition coefficient (Wildman–Crippen LogP) is 5.61. The summed E-state index contributed by atoms with van der Waals surface area (Å²) in [6.45, 7) is 1.60. The first-order chi connectivity index (χ1) is 18.2. The van der Waals surface area contributed by atoms with Crippen LogP contribution < -0.4 is 9.47 Å². The van der Waals surface area contributed by atoms with E-state index in [1.807, 2.05) is 0 Å². The number of likely N-dealkylation sites (tertiary alicyclic amines) is 1. The van der Waals surface area contributed by atoms with Crippen molar-refractivity contribution in [2.75, 3.05) is 19.7 Å². The molecule has 0 atom stereocenters. The molecule has 4 rings (SSSR count). The van der Waals surface area contributed by atoms with Crippen LogP contribution in [0.3, 0.4) is 0 Å². The summed E-state index contributed by atoms with van der Waals surface area (Å²) in [4.78, 5) is 28.9. The van der Waals surface area contributed by atoms with E-state index in [2.05, 4.69) is 4.98 Å². The van der Waals surface area contributed by atoms with Crippen molar-refractivity contribution in [2.45, 2.75) is 31.9 Å². The number of carboxylic acids is 1. The number of ether oxygens (including phenoxy) is 2. The van der Waals surface area contributed by atoms with Gasteiger partial charge >= 0.3 is 18.2 Å². The third-order valence-electron chi connectivity index (χ3n) is 6.30. The van der Waals surface area contributed by atoms with E-state index in [9.17, 15) is 22.8 Å². The van der Waals surface area contributed by atoms with Gasteiger partial charge in [-0.1, -0.05) is 24.3 Å². The van der Waals surface area contributed by atoms with Crippen LogP contribution in [-0.4, -0.2) is 46.7 Å². The molecule has 2 aromatic carbocycles. The zero-order valence-corrected chi connectivity index (χ0v) is 20.5. The number of aromatic nitrogens is 1. The van der Waals surface area contributed by atoms with E-state index in [0.717, 1.165) is 30.7 Å². The van der Waals surface area contributed by atoms with Crippen LogP contribution in [0.1, 0.15) is 35.2 Å². The van der Waals surface area contributed by atoms with Crippen LogP contribution in [0.5, 0.6) is 11.5 Å². The molecule has 1 aromatic heterocycles. The molecule has 1 fully saturated rings. The highest BCUT2D eigenvalue weighted by Crippen LogP contribution is 2.28. The lowest BCUT2D eigenvalue weighted by Gasteiger charge is -2.31. The van der Waals surface area contributed by atoms with E-state index in [1.54, 1.807) is 53.4 Å². The van der Waals surface area contributed by atoms with Gasteiger partial charge < -0.3 is 19.5 Å². The van der Waals surface area contributed by atoms with Crippen molar-refractivity contribution >= 4 is 12.1 Å². The fraction of sp³-hybridized carbons (Fsp3) is 0.321. The largest absolute Gasteiger partial charge is 0.493 e. The Morgan fingerprint density at radius 3 is 2.13 bits per heavy atom. The molecule has 38 heavy (non-hydrogen) atoms. The molecule has 0 bridgehead atoms. The van der Waals surface area contributed by atoms with Gasteiger partial charge in [-0.15, -0.1) is 0 Å². The molecule has 10 heteroatoms. The van der Waals surface area contributed by atoms with Crippen LogP contribution in [0, 0.1) is 5.92 Å². The fourth-order valence-electron chi connectivity index (χ4n) is 4.12. The Morgan fingerprint density at radius 2 is 1.55 bits per heavy atom. The van der Waals surface area contributed by atoms with E-state index in [4.69, 9.17) is 14.6 Å². The number of pyridine rings is 1. The maximum atomic E-state index is 12.7. The van der Waals surface area contributed by atoms with Gasteiger partial charge in [0.2, 0.25) is 0 Å². The predicted molar refractivity (Wildman–Crippen MR) is 132 cm³/mol. The van der Waals surface area contributed by atoms with Crippen molar-refractivity contribution < 1.29 is 37.3 Å². The van der Waals surface area contributed by atoms with Crippen molar-refractivity contribution in [3.05, 3.63) is 89.2 Å². The summed E-state index contributed by atoms with van der Waals surface area (Å²) in [5, 5.41) is 8.84. The van der Waals surface area contributed by atoms with E-state index in [-0.39, 0.29) is 12.3 Å². The number of rotatable bonds is 8. The normalized spacial score (nSPS) is 14.2. The van der Waals surface area contributed by atoms with E-state index in [0.29, 0.717) is 48.9 Å². The van der Waals surface area contributed by atoms with Gasteiger partial charge in [0.1, 0.15) is 11.5 Å². The molecule has 200 valence electrons. The Bertz CT molecular complexity index is 1220. The number of alkyl halides is 3. The van der Waals surface area contributed by atoms with Gasteiger partial charge in [-0.3, -0.25) is 9.78 Å². The summed E-state index contributed by atoms with van der Waals surface area (Å²) < 4.78 is 49.4. The van der Waals surface area contributed by atoms with E-state index in [1.165, 1.54) is 6.07 Å². The van der Waals surface area contributed by atoms with Crippen molar-refractivity contribution in [1.82, 2.24) is 9.88 Å². The molecule has 0 radical (unpaired) electrons. The second-order valence-corrected chi connectivity index (χ2v) is 9.18. The van der Waals surface area contributed by atoms with Gasteiger partial charge in [0, 0.05) is 31.4 Å². The number of amides is 1. The first kappa shape index (κ1) is 27.0. The fourth-order valence-corrected chi connectivity index (χ4v) is 4.12. The van der Waals surface area contributed by atoms with Crippen molar-refractivity contribution in [1.29, 1.82) is 0 Å². The molecular formula is C28H27F3N2O5. The number of carboxylic acid groups (broad SMARTS) is 1. The van der Waals surface area contributed by atoms with Crippen molar-refractivity contribution in [3.63, 3.8) is 0 Å². The standard InChI is InChI=1S/C28H27F3N2O5/c29-28(30,31)22-5-6-23(32-17-22)15-19-3-9-25(10-4-19)38-27(36)33-13-11-21(12-14-33)18-37-24-7-1-20(2-8-24)16-26(34)35/h1-10,17,21H,11-16,18H2,(H,34,35). The van der Waals surface area contributed by atoms with Gasteiger partial charge in [0.25, 0.3) is 0 Å². The number of aliphatic carboxylic acids is 1. The van der Waals surface area contributed by atoms with E-state index >= 15 is 0 Å². The lowest BCUT2D eigenvalue weighted by Crippen LogP contribution is -2.41. The highest BCUT2D eigenvalue weighted by molar-refractivity contribution is 5.71. The molecule has 1 N–H and O–H groups in total. The molecule has 0 spiro atoms. The number of benzene rings is 2. The lowest BCUT2D eigenvalue weighted by atomic mass is 9.98. The molecule has 3 aromatic rings. The summed E-state index contributed by atoms with van der Waals surface area (Å²) in [6.07, 6.45) is -2.17. The maximum Gasteiger partial charge on any atom is 0.417 e. The van der Waals surface area contributed by atoms with Crippen LogP contribution in [0.2, 0.25) is 0 Å². The molecular weight excluding hydrogens is 501 g/mol. The minimum Gasteiger partial charge on any atom is -0.493 e. The van der Waals surface area contributed by atoms with Gasteiger partial charge in [0.15, 0.2) is 0 Å². The molecule has 0 unspecified atom stereocenters. The smallest absolute Gasteiger partial charge is 0.417 e. The van der Waals surface area contributed by atoms with Crippen LogP contribution in [0.15, 0.2) is 66.9 Å². The third-order valence-corrected chi connectivity index (χ3v) is 6.30. The molecule has 1 aliphatic heterocycles. The Balaban J connectivity index is 1.19. The molecule has 1 amide bonds. The number of carbonyl (C=O) groups is 2. The van der Waals surface area contributed by atoms with Crippen molar-refractivity contribution in [2.24, 2.45) is 5.92 Å². The zero-order valence-electron chi connectivity index (χ0n) is 20.5. The Labute approximate surface area is 217 Å². The summed E-state index contributed by atoms with van der Waals surface area (Å²) in [6, 6.07) is 16.2. The first-order valence-corrected chi connectivity index (χ1v) is 12.2. The van der Waals surface area contributed by atoms with E-state index < -0.39 is 23.8 Å². The number of carbonyl (C=O) groups excluding carboxylic acids is 1. The highest BCUT2D eigenvalue weighted by atomic mass is 19.4. The SMILES string of the molecule is O=C(O)Cc1ccc(OCC2CCN(C(=O)Oc3ccc(Cc4ccc(C(F)(F)F)cn4)cc3)CC2)cc1. The topological polar surface area (TPSA) is 89.0 Å². The molecule has 2 heterocycles. The van der Waals surface area contributed by atoms with Gasteiger partial charge in [-0.05, 0) is 66.3 Å². The summed E-state index contributed by atoms with van der Waals surface area (Å²) >= 11 is 0. The Hall–Kier alpha value is -4.08. The molecule has 0 aliphatic carbocycles. The third kappa shape index (κ3) is 7.71. The summed E-state index contributed by atoms with van der Waals surface area (Å²) in [5.74, 6) is 0.473. The average molecular weight is 529 g/mol. The molecule has 0 saturated carbocycles. The summed E-state index contributed by atoms with van der Waals surface area (Å²) in [7, 11) is 0. The van der Waals surface area contributed by atoms with Crippen LogP contribution in [0.25, 0.3) is 0 Å². The van der Waals surface area contributed by atoms with Gasteiger partial charge in [-0.25, -0.2) is 4.79 Å². The van der Waals surface area contributed by atoms with Crippen molar-refractivity contribution in [3.8, 4) is 11.5 Å². The number of nitrogens with zero attached hydrogens (tertiary/aromatic N) is 2. The van der Waals surface area contributed by atoms with Crippen LogP contribution in [0.4, 0.5) is 18.0 Å². The first-order valence-electron chi connectivity index (χ1n) is 12.2. The number of hydrogen-bond donors (Lipinski definition) is 1. The van der Waals surface area contributed by atoms with Crippen LogP contribution in [-0.2, 0) is 23.8 Å². The highest BCUT2D eigenvalue weighted by Gasteiger charge is 2.30. The summed E-state index contributed by atoms with van der Waals surface area (Å²) in [5.41, 5.74) is 1.26. The molecule has 1 saturated heterocycles. The monoisotopic (exact) mass is 528 g/mol. The zero-order chi connectivity index (χ0) is 27.1. The number of piperidine rings is 1. The Kier molecular flexibility index (Phi) is 8.50. The van der Waals surface area contributed by atoms with Crippen LogP contribution >= 0.6 is 0 Å². The maximum absolute atomic E-state index is 12.7. The molecule has 1 aliphatic rings. The Morgan fingerprint density at radius 1 is 0.921 bits per heavy atom. The quantitative estimate of drug-likeness (QED) is 0.409. The average Bonchev–Trinajstić information content (AvgIpc) is 2.89. The second kappa shape index (κ2) is 12.0. The number of hydrogen-bond acceptors (Lipinski definition) is 5. The minimum atomic E-state index is -4.42. The van der Waals surface area contributed by atoms with Gasteiger partial charge in [0.05, 0.1) is 18.6 Å². The lowest BCUT2D eigenvalue weighted by molar-refractivity contribution is -0.138. The second-order valence-electron chi connectivity index (χ2n) is 9.18. The minimum absolute atomic E-state index is 0.0286.